The summed E-state index contributed by atoms with van der Waals surface area (Å²) in [6, 6.07) is 0. The third kappa shape index (κ3) is 2.40. The van der Waals surface area contributed by atoms with Crippen LogP contribution in [0.5, 0.6) is 0 Å². The van der Waals surface area contributed by atoms with Crippen LogP contribution in [0.15, 0.2) is 9.93 Å². The van der Waals surface area contributed by atoms with Crippen LogP contribution in [0.4, 0.5) is 0 Å². The van der Waals surface area contributed by atoms with Crippen LogP contribution >= 0.6 is 23.5 Å². The molecule has 0 aliphatic carbocycles. The predicted molar refractivity (Wildman–Crippen MR) is 74.6 cm³/mol. The Hall–Kier alpha value is -1.19. The van der Waals surface area contributed by atoms with Gasteiger partial charge in [-0.25, -0.2) is 4.79 Å². The average Bonchev–Trinajstić information content (AvgIpc) is 2.69. The zero-order chi connectivity index (χ0) is 15.0. The number of rotatable bonds is 5. The molecule has 1 saturated heterocycles. The van der Waals surface area contributed by atoms with Crippen LogP contribution in [0, 0.1) is 5.92 Å². The van der Waals surface area contributed by atoms with Crippen molar-refractivity contribution in [3.63, 3.8) is 0 Å². The first-order valence-electron chi connectivity index (χ1n) is 5.87. The van der Waals surface area contributed by atoms with Crippen LogP contribution < -0.4 is 5.32 Å². The largest absolute Gasteiger partial charge is 0.477 e. The molecular formula is C11H14N2O5S2. The number of nitrogens with one attached hydrogen (secondary N) is 1. The first-order valence-corrected chi connectivity index (χ1v) is 7.73. The smallest absolute Gasteiger partial charge is 0.354 e. The van der Waals surface area contributed by atoms with E-state index in [1.807, 2.05) is 0 Å². The lowest BCUT2D eigenvalue weighted by Gasteiger charge is -2.43. The number of carbonyl (C=O) groups excluding carboxylic acids is 2. The Balaban J connectivity index is 2.17. The molecule has 7 nitrogen and oxygen atoms in total. The summed E-state index contributed by atoms with van der Waals surface area (Å²) in [5.41, 5.74) is -0.0872. The minimum absolute atomic E-state index is 0.0870. The number of carbonyl (C=O) groups is 3. The lowest BCUT2D eigenvalue weighted by atomic mass is 9.92. The molecule has 0 aromatic heterocycles. The van der Waals surface area contributed by atoms with E-state index in [1.165, 1.54) is 30.6 Å². The second-order valence-corrected chi connectivity index (χ2v) is 6.76. The average molecular weight is 318 g/mol. The maximum atomic E-state index is 11.9. The van der Waals surface area contributed by atoms with Gasteiger partial charge in [-0.3, -0.25) is 14.5 Å². The number of β-lactam (4-membered cyclic amide) rings is 1. The minimum atomic E-state index is -1.20. The summed E-state index contributed by atoms with van der Waals surface area (Å²) >= 11 is 2.31. The molecule has 2 aliphatic rings. The highest BCUT2D eigenvalue weighted by Gasteiger charge is 2.57. The predicted octanol–water partition coefficient (Wildman–Crippen LogP) is -0.369. The van der Waals surface area contributed by atoms with Gasteiger partial charge >= 0.3 is 5.97 Å². The van der Waals surface area contributed by atoms with Crippen molar-refractivity contribution in [2.45, 2.75) is 18.4 Å². The van der Waals surface area contributed by atoms with Gasteiger partial charge in [-0.1, -0.05) is 11.8 Å². The first-order chi connectivity index (χ1) is 9.38. The van der Waals surface area contributed by atoms with Gasteiger partial charge in [-0.05, 0) is 6.92 Å². The Kier molecular flexibility index (Phi) is 4.31. The molecule has 0 spiro atoms. The number of carboxylic acid groups (broad SMARTS) is 1. The number of fused-ring (bicyclic) bond motifs is 1. The molecule has 0 aromatic carbocycles. The molecule has 2 aliphatic heterocycles. The van der Waals surface area contributed by atoms with Crippen molar-refractivity contribution < 1.29 is 24.6 Å². The maximum absolute atomic E-state index is 11.9. The number of aliphatic carboxylic acids is 1. The highest BCUT2D eigenvalue weighted by Crippen LogP contribution is 2.53. The summed E-state index contributed by atoms with van der Waals surface area (Å²) < 4.78 is 0.433. The number of nitrogens with zero attached hydrogens (tertiary/aromatic N) is 1. The number of thioether (sulfide) groups is 2. The number of hydrogen-bond acceptors (Lipinski definition) is 6. The highest BCUT2D eigenvalue weighted by atomic mass is 32.2. The molecular weight excluding hydrogens is 304 g/mol. The topological polar surface area (TPSA) is 107 Å². The zero-order valence-corrected chi connectivity index (χ0v) is 12.5. The van der Waals surface area contributed by atoms with Gasteiger partial charge < -0.3 is 15.5 Å². The van der Waals surface area contributed by atoms with E-state index in [0.29, 0.717) is 4.24 Å². The van der Waals surface area contributed by atoms with Crippen LogP contribution in [-0.2, 0) is 14.4 Å². The Morgan fingerprint density at radius 2 is 2.20 bits per heavy atom. The lowest BCUT2D eigenvalue weighted by Crippen LogP contribution is -2.60. The van der Waals surface area contributed by atoms with Crippen LogP contribution in [0.3, 0.4) is 0 Å². The van der Waals surface area contributed by atoms with Gasteiger partial charge in [0.25, 0.3) is 0 Å². The van der Waals surface area contributed by atoms with E-state index in [4.69, 9.17) is 0 Å². The molecule has 3 atom stereocenters. The van der Waals surface area contributed by atoms with Crippen molar-refractivity contribution in [2.75, 3.05) is 12.8 Å². The van der Waals surface area contributed by atoms with E-state index in [0.717, 1.165) is 11.8 Å². The Morgan fingerprint density at radius 3 is 2.70 bits per heavy atom. The van der Waals surface area contributed by atoms with E-state index in [2.05, 4.69) is 5.32 Å². The fourth-order valence-corrected chi connectivity index (χ4v) is 4.85. The molecule has 2 rings (SSSR count). The number of aliphatic hydroxyl groups is 1. The fraction of sp³-hybridized carbons (Fsp3) is 0.545. The van der Waals surface area contributed by atoms with Crippen molar-refractivity contribution in [1.82, 2.24) is 10.2 Å². The van der Waals surface area contributed by atoms with Crippen molar-refractivity contribution in [3.8, 4) is 0 Å². The van der Waals surface area contributed by atoms with Crippen LogP contribution in [0.2, 0.25) is 0 Å². The molecule has 9 heteroatoms. The van der Waals surface area contributed by atoms with Gasteiger partial charge in [-0.2, -0.15) is 0 Å². The minimum Gasteiger partial charge on any atom is -0.477 e. The normalized spacial score (nSPS) is 26.1. The SMILES string of the molecule is CNC(=O)CSC1=C(C(=O)O)N2C(=O)[C@H](C(C)O)[C@H]2S1. The molecule has 1 fully saturated rings. The maximum Gasteiger partial charge on any atom is 0.354 e. The van der Waals surface area contributed by atoms with Gasteiger partial charge in [0.15, 0.2) is 5.70 Å². The van der Waals surface area contributed by atoms with Gasteiger partial charge in [0.2, 0.25) is 11.8 Å². The molecule has 1 unspecified atom stereocenters. The summed E-state index contributed by atoms with van der Waals surface area (Å²) in [7, 11) is 1.50. The monoisotopic (exact) mass is 318 g/mol. The van der Waals surface area contributed by atoms with Gasteiger partial charge in [0.05, 0.1) is 22.0 Å². The molecule has 110 valence electrons. The Morgan fingerprint density at radius 1 is 1.55 bits per heavy atom. The summed E-state index contributed by atoms with van der Waals surface area (Å²) in [5, 5.41) is 20.8. The third-order valence-corrected chi connectivity index (χ3v) is 5.74. The lowest BCUT2D eigenvalue weighted by molar-refractivity contribution is -0.156. The zero-order valence-electron chi connectivity index (χ0n) is 10.8. The molecule has 2 amide bonds. The highest BCUT2D eigenvalue weighted by molar-refractivity contribution is 8.23. The van der Waals surface area contributed by atoms with Crippen molar-refractivity contribution in [2.24, 2.45) is 5.92 Å². The second-order valence-electron chi connectivity index (χ2n) is 4.39. The van der Waals surface area contributed by atoms with Crippen molar-refractivity contribution >= 4 is 41.3 Å². The summed E-state index contributed by atoms with van der Waals surface area (Å²) in [5.74, 6) is -2.31. The quantitative estimate of drug-likeness (QED) is 0.594. The van der Waals surface area contributed by atoms with Crippen molar-refractivity contribution in [3.05, 3.63) is 9.93 Å². The summed E-state index contributed by atoms with van der Waals surface area (Å²) in [6.07, 6.45) is -0.824. The first kappa shape index (κ1) is 15.2. The van der Waals surface area contributed by atoms with Crippen molar-refractivity contribution in [1.29, 1.82) is 0 Å². The van der Waals surface area contributed by atoms with Crippen LogP contribution in [-0.4, -0.2) is 57.2 Å². The van der Waals surface area contributed by atoms with Gasteiger partial charge in [0.1, 0.15) is 5.37 Å². The van der Waals surface area contributed by atoms with Crippen LogP contribution in [0.25, 0.3) is 0 Å². The Bertz CT molecular complexity index is 505. The Labute approximate surface area is 123 Å². The third-order valence-electron chi connectivity index (χ3n) is 3.08. The molecule has 0 bridgehead atoms. The summed E-state index contributed by atoms with van der Waals surface area (Å²) in [4.78, 5) is 35.6. The number of aliphatic hydroxyl groups excluding tert-OH is 1. The van der Waals surface area contributed by atoms with E-state index >= 15 is 0 Å². The van der Waals surface area contributed by atoms with E-state index in [-0.39, 0.29) is 28.6 Å². The molecule has 2 heterocycles. The summed E-state index contributed by atoms with van der Waals surface area (Å²) in [6.45, 7) is 1.51. The molecule has 0 radical (unpaired) electrons. The molecule has 3 N–H and O–H groups in total. The number of amides is 2. The van der Waals surface area contributed by atoms with Gasteiger partial charge in [-0.15, -0.1) is 11.8 Å². The molecule has 20 heavy (non-hydrogen) atoms. The standard InChI is InChI=1S/C11H14N2O5S2/c1-4(14)6-8(16)13-7(10(17)18)11(20-9(6)13)19-3-5(15)12-2/h4,6,9,14H,3H2,1-2H3,(H,12,15)(H,17,18)/t4?,6-,9+/m0/s1. The second kappa shape index (κ2) is 5.66. The van der Waals surface area contributed by atoms with E-state index in [9.17, 15) is 24.6 Å². The van der Waals surface area contributed by atoms with E-state index < -0.39 is 18.0 Å². The molecule has 0 aromatic rings. The fourth-order valence-electron chi connectivity index (χ4n) is 2.05. The van der Waals surface area contributed by atoms with Gasteiger partial charge in [0, 0.05) is 7.05 Å². The molecule has 0 saturated carbocycles. The number of carboxylic acids is 1. The number of hydrogen-bond donors (Lipinski definition) is 3. The van der Waals surface area contributed by atoms with Crippen LogP contribution in [0.1, 0.15) is 6.92 Å². The van der Waals surface area contributed by atoms with E-state index in [1.54, 1.807) is 0 Å².